The third-order valence-corrected chi connectivity index (χ3v) is 2.33. The van der Waals surface area contributed by atoms with E-state index in [-0.39, 0.29) is 39.3 Å². The molecule has 6 heteroatoms. The number of hydrogen-bond donors (Lipinski definition) is 3. The zero-order valence-corrected chi connectivity index (χ0v) is 10.3. The molecule has 0 heterocycles. The van der Waals surface area contributed by atoms with Crippen molar-refractivity contribution in [1.82, 2.24) is 0 Å². The fourth-order valence-electron chi connectivity index (χ4n) is 1.26. The van der Waals surface area contributed by atoms with Crippen LogP contribution in [0.3, 0.4) is 0 Å². The van der Waals surface area contributed by atoms with E-state index in [0.29, 0.717) is 0 Å². The van der Waals surface area contributed by atoms with Crippen LogP contribution in [0.25, 0.3) is 0 Å². The van der Waals surface area contributed by atoms with Crippen LogP contribution in [-0.4, -0.2) is 25.1 Å². The molecule has 3 N–H and O–H groups in total. The molecule has 5 nitrogen and oxygen atoms in total. The molecule has 0 atom stereocenters. The van der Waals surface area contributed by atoms with E-state index < -0.39 is 5.97 Å². The number of hydrogen-bond acceptors (Lipinski definition) is 4. The molecule has 0 spiro atoms. The molecule has 0 saturated carbocycles. The van der Waals surface area contributed by atoms with E-state index in [9.17, 15) is 19.8 Å². The molecular weight excluding hydrogens is 327 g/mol. The molecule has 0 aromatic heterocycles. The van der Waals surface area contributed by atoms with Gasteiger partial charge in [0.15, 0.2) is 3.79 Å². The monoisotopic (exact) mass is 336 g/mol. The van der Waals surface area contributed by atoms with Gasteiger partial charge in [-0.2, -0.15) is 0 Å². The molecule has 0 bridgehead atoms. The summed E-state index contributed by atoms with van der Waals surface area (Å²) in [6, 6.07) is 2.38. The summed E-state index contributed by atoms with van der Waals surface area (Å²) in [4.78, 5) is 21.3. The number of carbonyl (C=O) groups is 2. The summed E-state index contributed by atoms with van der Waals surface area (Å²) in [7, 11) is 0. The highest BCUT2D eigenvalue weighted by Crippen LogP contribution is 2.28. The summed E-state index contributed by atoms with van der Waals surface area (Å²) in [5.74, 6) is -1.51. The maximum Gasteiger partial charge on any atom is 0.307 e. The number of aromatic hydroxyl groups is 2. The van der Waals surface area contributed by atoms with Crippen LogP contribution in [0.1, 0.15) is 11.1 Å². The minimum Gasteiger partial charge on any atom is -0.508 e. The first-order valence-electron chi connectivity index (χ1n) is 4.34. The second kappa shape index (κ2) is 5.15. The fraction of sp³-hybridized carbons (Fsp3) is 0.200. The summed E-state index contributed by atoms with van der Waals surface area (Å²) in [6.45, 7) is 0. The van der Waals surface area contributed by atoms with Crippen LogP contribution in [0, 0.1) is 0 Å². The molecule has 0 unspecified atom stereocenters. The Bertz CT molecular complexity index is 399. The van der Waals surface area contributed by atoms with Crippen LogP contribution in [0.2, 0.25) is 0 Å². The molecule has 1 rings (SSSR count). The molecule has 0 aliphatic heterocycles. The Labute approximate surface area is 105 Å². The second-order valence-corrected chi connectivity index (χ2v) is 4.42. The van der Waals surface area contributed by atoms with E-state index in [2.05, 4.69) is 0 Å². The zero-order chi connectivity index (χ0) is 12.3. The lowest BCUT2D eigenvalue weighted by atomic mass is 10.0. The van der Waals surface area contributed by atoms with Gasteiger partial charge in [-0.15, -0.1) is 0 Å². The van der Waals surface area contributed by atoms with Crippen molar-refractivity contribution >= 4 is 32.4 Å². The van der Waals surface area contributed by atoms with Crippen LogP contribution >= 0.6 is 22.6 Å². The number of benzene rings is 1. The smallest absolute Gasteiger partial charge is 0.307 e. The van der Waals surface area contributed by atoms with Gasteiger partial charge < -0.3 is 15.3 Å². The van der Waals surface area contributed by atoms with Crippen LogP contribution in [0.5, 0.6) is 11.5 Å². The SMILES string of the molecule is O=C(O)Cc1cc(O)c(CC(=O)I)cc1O. The minimum absolute atomic E-state index is 0.00664. The van der Waals surface area contributed by atoms with E-state index in [1.54, 1.807) is 22.6 Å². The van der Waals surface area contributed by atoms with Crippen LogP contribution < -0.4 is 0 Å². The van der Waals surface area contributed by atoms with E-state index in [1.807, 2.05) is 0 Å². The Kier molecular flexibility index (Phi) is 4.11. The van der Waals surface area contributed by atoms with E-state index in [0.717, 1.165) is 0 Å². The number of phenols is 2. The molecule has 0 aliphatic carbocycles. The quantitative estimate of drug-likeness (QED) is 0.437. The van der Waals surface area contributed by atoms with E-state index in [1.165, 1.54) is 12.1 Å². The number of carboxylic acid groups (broad SMARTS) is 1. The lowest BCUT2D eigenvalue weighted by Crippen LogP contribution is -2.01. The van der Waals surface area contributed by atoms with Crippen LogP contribution in [0.4, 0.5) is 0 Å². The number of aliphatic carboxylic acids is 1. The summed E-state index contributed by atoms with van der Waals surface area (Å²) >= 11 is 1.58. The summed E-state index contributed by atoms with van der Waals surface area (Å²) in [5.41, 5.74) is 0.403. The maximum atomic E-state index is 10.8. The number of phenolic OH excluding ortho intramolecular Hbond substituents is 2. The van der Waals surface area contributed by atoms with Crippen molar-refractivity contribution in [3.8, 4) is 11.5 Å². The summed E-state index contributed by atoms with van der Waals surface area (Å²) in [5, 5.41) is 27.6. The van der Waals surface area contributed by atoms with Crippen molar-refractivity contribution < 1.29 is 24.9 Å². The Morgan fingerprint density at radius 3 is 1.88 bits per heavy atom. The van der Waals surface area contributed by atoms with Gasteiger partial charge in [-0.1, -0.05) is 0 Å². The Hall–Kier alpha value is -1.31. The molecular formula is C10H9IO5. The molecule has 0 saturated heterocycles. The van der Waals surface area contributed by atoms with Crippen LogP contribution in [0.15, 0.2) is 12.1 Å². The van der Waals surface area contributed by atoms with Gasteiger partial charge in [0.05, 0.1) is 6.42 Å². The van der Waals surface area contributed by atoms with Crippen molar-refractivity contribution in [2.24, 2.45) is 0 Å². The van der Waals surface area contributed by atoms with Gasteiger partial charge in [0, 0.05) is 17.5 Å². The van der Waals surface area contributed by atoms with Crippen molar-refractivity contribution in [1.29, 1.82) is 0 Å². The molecule has 0 amide bonds. The predicted molar refractivity (Wildman–Crippen MR) is 63.8 cm³/mol. The number of rotatable bonds is 4. The Morgan fingerprint density at radius 1 is 1.06 bits per heavy atom. The largest absolute Gasteiger partial charge is 0.508 e. The molecule has 0 aliphatic rings. The molecule has 0 fully saturated rings. The van der Waals surface area contributed by atoms with Crippen molar-refractivity contribution in [3.05, 3.63) is 23.3 Å². The minimum atomic E-state index is -1.10. The van der Waals surface area contributed by atoms with Gasteiger partial charge in [-0.05, 0) is 34.7 Å². The lowest BCUT2D eigenvalue weighted by Gasteiger charge is -2.07. The van der Waals surface area contributed by atoms with Gasteiger partial charge in [0.1, 0.15) is 11.5 Å². The number of halogens is 1. The zero-order valence-electron chi connectivity index (χ0n) is 8.11. The first-order chi connectivity index (χ1) is 7.40. The summed E-state index contributed by atoms with van der Waals surface area (Å²) < 4.78 is -0.182. The van der Waals surface area contributed by atoms with Crippen molar-refractivity contribution in [2.45, 2.75) is 12.8 Å². The summed E-state index contributed by atoms with van der Waals surface area (Å²) in [6.07, 6.45) is -0.384. The van der Waals surface area contributed by atoms with Gasteiger partial charge in [-0.25, -0.2) is 0 Å². The van der Waals surface area contributed by atoms with E-state index in [4.69, 9.17) is 5.11 Å². The van der Waals surface area contributed by atoms with Crippen molar-refractivity contribution in [2.75, 3.05) is 0 Å². The lowest BCUT2D eigenvalue weighted by molar-refractivity contribution is -0.136. The fourth-order valence-corrected chi connectivity index (χ4v) is 1.67. The van der Waals surface area contributed by atoms with Gasteiger partial charge in [0.25, 0.3) is 0 Å². The highest BCUT2D eigenvalue weighted by Gasteiger charge is 2.12. The average molecular weight is 336 g/mol. The molecule has 1 aromatic rings. The number of carboxylic acids is 1. The average Bonchev–Trinajstić information content (AvgIpc) is 2.11. The molecule has 0 radical (unpaired) electrons. The third-order valence-electron chi connectivity index (χ3n) is 1.95. The number of carbonyl (C=O) groups excluding carboxylic acids is 1. The van der Waals surface area contributed by atoms with E-state index >= 15 is 0 Å². The highest BCUT2D eigenvalue weighted by molar-refractivity contribution is 14.1. The molecule has 16 heavy (non-hydrogen) atoms. The normalized spacial score (nSPS) is 10.1. The molecule has 86 valence electrons. The van der Waals surface area contributed by atoms with Gasteiger partial charge >= 0.3 is 5.97 Å². The second-order valence-electron chi connectivity index (χ2n) is 3.21. The van der Waals surface area contributed by atoms with Crippen molar-refractivity contribution in [3.63, 3.8) is 0 Å². The third kappa shape index (κ3) is 3.37. The first kappa shape index (κ1) is 12.8. The maximum absolute atomic E-state index is 10.8. The molecule has 1 aromatic carbocycles. The highest BCUT2D eigenvalue weighted by atomic mass is 127. The van der Waals surface area contributed by atoms with Gasteiger partial charge in [-0.3, -0.25) is 9.59 Å². The Morgan fingerprint density at radius 2 is 1.50 bits per heavy atom. The Balaban J connectivity index is 3.06. The van der Waals surface area contributed by atoms with Gasteiger partial charge in [0.2, 0.25) is 0 Å². The topological polar surface area (TPSA) is 94.8 Å². The first-order valence-corrected chi connectivity index (χ1v) is 5.42. The predicted octanol–water partition coefficient (Wildman–Crippen LogP) is 1.23. The standard InChI is InChI=1S/C10H9IO5/c11-9(14)3-5-1-8(13)6(2-7(5)12)4-10(15)16/h1-2,12-13H,3-4H2,(H,15,16). The van der Waals surface area contributed by atoms with Crippen LogP contribution in [-0.2, 0) is 22.4 Å².